The van der Waals surface area contributed by atoms with Gasteiger partial charge in [0.2, 0.25) is 0 Å². The van der Waals surface area contributed by atoms with Gasteiger partial charge in [-0.3, -0.25) is 14.9 Å². The van der Waals surface area contributed by atoms with E-state index in [1.807, 2.05) is 30.5 Å². The van der Waals surface area contributed by atoms with Crippen molar-refractivity contribution in [2.75, 3.05) is 5.32 Å². The van der Waals surface area contributed by atoms with Crippen molar-refractivity contribution in [3.63, 3.8) is 0 Å². The molecule has 7 nitrogen and oxygen atoms in total. The monoisotopic (exact) mass is 362 g/mol. The van der Waals surface area contributed by atoms with Crippen LogP contribution in [0.2, 0.25) is 0 Å². The Hall–Kier alpha value is -3.48. The molecule has 0 radical (unpaired) electrons. The molecule has 2 heterocycles. The molecule has 0 spiro atoms. The Morgan fingerprint density at radius 2 is 1.89 bits per heavy atom. The zero-order valence-corrected chi connectivity index (χ0v) is 14.6. The Morgan fingerprint density at radius 3 is 2.63 bits per heavy atom. The minimum absolute atomic E-state index is 0.0458. The van der Waals surface area contributed by atoms with E-state index in [1.54, 1.807) is 0 Å². The molecule has 0 bridgehead atoms. The van der Waals surface area contributed by atoms with Crippen molar-refractivity contribution in [2.24, 2.45) is 0 Å². The minimum atomic E-state index is -0.489. The minimum Gasteiger partial charge on any atom is -0.334 e. The summed E-state index contributed by atoms with van der Waals surface area (Å²) in [5, 5.41) is 13.7. The summed E-state index contributed by atoms with van der Waals surface area (Å²) in [6.45, 7) is 0.972. The largest absolute Gasteiger partial charge is 0.334 e. The lowest BCUT2D eigenvalue weighted by Gasteiger charge is -2.11. The van der Waals surface area contributed by atoms with Crippen molar-refractivity contribution in [1.29, 1.82) is 0 Å². The number of nitro benzene ring substituents is 1. The number of imidazole rings is 1. The van der Waals surface area contributed by atoms with Gasteiger partial charge in [-0.1, -0.05) is 18.2 Å². The van der Waals surface area contributed by atoms with Crippen molar-refractivity contribution in [1.82, 2.24) is 9.55 Å². The van der Waals surface area contributed by atoms with Gasteiger partial charge in [0.1, 0.15) is 5.82 Å². The normalized spacial score (nSPS) is 13.0. The number of fused-ring (bicyclic) bond motifs is 1. The number of nitrogens with zero attached hydrogens (tertiary/aromatic N) is 3. The summed E-state index contributed by atoms with van der Waals surface area (Å²) in [7, 11) is 0. The van der Waals surface area contributed by atoms with Crippen LogP contribution in [0.15, 0.2) is 54.7 Å². The lowest BCUT2D eigenvalue weighted by Crippen LogP contribution is -2.12. The van der Waals surface area contributed by atoms with Gasteiger partial charge in [-0.2, -0.15) is 0 Å². The maximum Gasteiger partial charge on any atom is 0.269 e. The summed E-state index contributed by atoms with van der Waals surface area (Å²) in [4.78, 5) is 27.6. The van der Waals surface area contributed by atoms with E-state index in [-0.39, 0.29) is 11.6 Å². The second-order valence-electron chi connectivity index (χ2n) is 6.50. The number of anilines is 1. The number of aryl methyl sites for hydroxylation is 2. The van der Waals surface area contributed by atoms with Gasteiger partial charge < -0.3 is 9.88 Å². The van der Waals surface area contributed by atoms with E-state index in [2.05, 4.69) is 9.88 Å². The van der Waals surface area contributed by atoms with Gasteiger partial charge in [0.15, 0.2) is 0 Å². The lowest BCUT2D eigenvalue weighted by atomic mass is 10.1. The van der Waals surface area contributed by atoms with Gasteiger partial charge in [0.05, 0.1) is 16.3 Å². The van der Waals surface area contributed by atoms with Crippen LogP contribution < -0.4 is 5.32 Å². The summed E-state index contributed by atoms with van der Waals surface area (Å²) in [6, 6.07) is 13.1. The van der Waals surface area contributed by atoms with Crippen LogP contribution in [0.25, 0.3) is 11.3 Å². The zero-order valence-electron chi connectivity index (χ0n) is 14.6. The topological polar surface area (TPSA) is 90.1 Å². The van der Waals surface area contributed by atoms with Gasteiger partial charge >= 0.3 is 0 Å². The number of carbonyl (C=O) groups is 1. The average Bonchev–Trinajstić information content (AvgIpc) is 3.12. The predicted molar refractivity (Wildman–Crippen MR) is 102 cm³/mol. The Kier molecular flexibility index (Phi) is 4.42. The maximum absolute atomic E-state index is 12.6. The molecule has 0 saturated carbocycles. The third-order valence-corrected chi connectivity index (χ3v) is 4.70. The van der Waals surface area contributed by atoms with E-state index in [1.165, 1.54) is 24.3 Å². The van der Waals surface area contributed by atoms with E-state index in [9.17, 15) is 14.9 Å². The van der Waals surface area contributed by atoms with E-state index in [4.69, 9.17) is 4.98 Å². The number of nitrogens with one attached hydrogen (secondary N) is 1. The smallest absolute Gasteiger partial charge is 0.269 e. The quantitative estimate of drug-likeness (QED) is 0.560. The van der Waals surface area contributed by atoms with Crippen LogP contribution in [0.3, 0.4) is 0 Å². The number of hydrogen-bond acceptors (Lipinski definition) is 4. The fraction of sp³-hybridized carbons (Fsp3) is 0.200. The van der Waals surface area contributed by atoms with Gasteiger partial charge in [-0.05, 0) is 31.0 Å². The van der Waals surface area contributed by atoms with Gasteiger partial charge in [0, 0.05) is 42.4 Å². The molecule has 0 saturated heterocycles. The highest BCUT2D eigenvalue weighted by Crippen LogP contribution is 2.29. The maximum atomic E-state index is 12.6. The first-order chi connectivity index (χ1) is 13.1. The molecule has 136 valence electrons. The van der Waals surface area contributed by atoms with Crippen molar-refractivity contribution in [3.8, 4) is 11.3 Å². The highest BCUT2D eigenvalue weighted by Gasteiger charge is 2.17. The fourth-order valence-electron chi connectivity index (χ4n) is 3.29. The van der Waals surface area contributed by atoms with Crippen LogP contribution in [0, 0.1) is 10.1 Å². The molecule has 1 aromatic heterocycles. The van der Waals surface area contributed by atoms with E-state index < -0.39 is 4.92 Å². The van der Waals surface area contributed by atoms with Crippen molar-refractivity contribution < 1.29 is 9.72 Å². The molecular weight excluding hydrogens is 344 g/mol. The second kappa shape index (κ2) is 7.03. The number of hydrogen-bond donors (Lipinski definition) is 1. The standard InChI is InChI=1S/C20H18N4O3/c25-20(14-8-10-15(11-9-14)24(26)27)22-17-6-2-1-5-16(17)18-13-23-12-4-3-7-19(23)21-18/h1-2,5-6,8-11,13H,3-4,7,12H2,(H,22,25). The van der Waals surface area contributed by atoms with Crippen LogP contribution in [0.4, 0.5) is 11.4 Å². The van der Waals surface area contributed by atoms with Crippen molar-refractivity contribution in [2.45, 2.75) is 25.8 Å². The van der Waals surface area contributed by atoms with Crippen LogP contribution in [-0.4, -0.2) is 20.4 Å². The number of aromatic nitrogens is 2. The Bertz CT molecular complexity index is 985. The lowest BCUT2D eigenvalue weighted by molar-refractivity contribution is -0.384. The summed E-state index contributed by atoms with van der Waals surface area (Å²) >= 11 is 0. The predicted octanol–water partition coefficient (Wildman–Crippen LogP) is 4.05. The SMILES string of the molecule is O=C(Nc1ccccc1-c1cn2c(n1)CCCC2)c1ccc([N+](=O)[O-])cc1. The zero-order chi connectivity index (χ0) is 18.8. The summed E-state index contributed by atoms with van der Waals surface area (Å²) in [6.07, 6.45) is 5.30. The molecule has 3 aromatic rings. The third-order valence-electron chi connectivity index (χ3n) is 4.70. The van der Waals surface area contributed by atoms with Crippen molar-refractivity contribution >= 4 is 17.3 Å². The molecule has 0 atom stereocenters. The fourth-order valence-corrected chi connectivity index (χ4v) is 3.29. The number of para-hydroxylation sites is 1. The Morgan fingerprint density at radius 1 is 1.11 bits per heavy atom. The molecule has 4 rings (SSSR count). The average molecular weight is 362 g/mol. The van der Waals surface area contributed by atoms with Gasteiger partial charge in [-0.15, -0.1) is 0 Å². The number of amides is 1. The van der Waals surface area contributed by atoms with Crippen LogP contribution in [0.5, 0.6) is 0 Å². The molecule has 2 aromatic carbocycles. The molecule has 27 heavy (non-hydrogen) atoms. The highest BCUT2D eigenvalue weighted by atomic mass is 16.6. The third kappa shape index (κ3) is 3.44. The summed E-state index contributed by atoms with van der Waals surface area (Å²) in [5.74, 6) is 0.758. The van der Waals surface area contributed by atoms with Gasteiger partial charge in [0.25, 0.3) is 11.6 Å². The first-order valence-corrected chi connectivity index (χ1v) is 8.83. The highest BCUT2D eigenvalue weighted by molar-refractivity contribution is 6.06. The summed E-state index contributed by atoms with van der Waals surface area (Å²) < 4.78 is 2.17. The van der Waals surface area contributed by atoms with E-state index in [0.717, 1.165) is 42.9 Å². The van der Waals surface area contributed by atoms with Gasteiger partial charge in [-0.25, -0.2) is 4.98 Å². The Balaban J connectivity index is 1.60. The van der Waals surface area contributed by atoms with E-state index in [0.29, 0.717) is 11.3 Å². The second-order valence-corrected chi connectivity index (χ2v) is 6.50. The molecule has 0 fully saturated rings. The molecule has 1 amide bonds. The van der Waals surface area contributed by atoms with Crippen LogP contribution >= 0.6 is 0 Å². The van der Waals surface area contributed by atoms with Crippen LogP contribution in [0.1, 0.15) is 29.0 Å². The van der Waals surface area contributed by atoms with Crippen molar-refractivity contribution in [3.05, 3.63) is 76.2 Å². The van der Waals surface area contributed by atoms with E-state index >= 15 is 0 Å². The molecule has 1 aliphatic rings. The number of non-ortho nitro benzene ring substituents is 1. The first-order valence-electron chi connectivity index (χ1n) is 8.83. The molecule has 0 unspecified atom stereocenters. The number of rotatable bonds is 4. The number of benzene rings is 2. The number of carbonyl (C=O) groups excluding carboxylic acids is 1. The molecule has 7 heteroatoms. The van der Waals surface area contributed by atoms with Crippen LogP contribution in [-0.2, 0) is 13.0 Å². The number of nitro groups is 1. The summed E-state index contributed by atoms with van der Waals surface area (Å²) in [5.41, 5.74) is 2.67. The molecule has 0 aliphatic carbocycles. The first kappa shape index (κ1) is 17.0. The Labute approximate surface area is 155 Å². The molecule has 1 aliphatic heterocycles. The molecular formula is C20H18N4O3. The molecule has 1 N–H and O–H groups in total.